The van der Waals surface area contributed by atoms with Gasteiger partial charge in [-0.25, -0.2) is 14.6 Å². The number of carbonyl (C=O) groups excluding carboxylic acids is 1. The molecule has 1 atom stereocenters. The summed E-state index contributed by atoms with van der Waals surface area (Å²) in [7, 11) is 0. The van der Waals surface area contributed by atoms with Crippen LogP contribution in [0.1, 0.15) is 33.4 Å². The van der Waals surface area contributed by atoms with Gasteiger partial charge in [-0.1, -0.05) is 27.7 Å². The van der Waals surface area contributed by atoms with Gasteiger partial charge in [0.2, 0.25) is 0 Å². The zero-order valence-electron chi connectivity index (χ0n) is 12.7. The number of rotatable bonds is 5. The van der Waals surface area contributed by atoms with E-state index in [9.17, 15) is 14.7 Å². The lowest BCUT2D eigenvalue weighted by molar-refractivity contribution is -0.139. The number of imidazole rings is 1. The minimum absolute atomic E-state index is 0.00638. The predicted molar refractivity (Wildman–Crippen MR) is 76.7 cm³/mol. The van der Waals surface area contributed by atoms with Crippen LogP contribution >= 0.6 is 0 Å². The van der Waals surface area contributed by atoms with Gasteiger partial charge in [0.05, 0.1) is 6.33 Å². The number of aliphatic carboxylic acids is 1. The second-order valence-corrected chi connectivity index (χ2v) is 6.67. The normalized spacial score (nSPS) is 20.6. The first-order valence-electron chi connectivity index (χ1n) is 6.93. The summed E-state index contributed by atoms with van der Waals surface area (Å²) in [4.78, 5) is 29.9. The number of carbonyl (C=O) groups is 2. The van der Waals surface area contributed by atoms with Gasteiger partial charge in [-0.3, -0.25) is 0 Å². The molecule has 0 saturated heterocycles. The molecule has 0 aliphatic heterocycles. The van der Waals surface area contributed by atoms with Crippen molar-refractivity contribution < 1.29 is 14.7 Å². The van der Waals surface area contributed by atoms with E-state index < -0.39 is 18.0 Å². The van der Waals surface area contributed by atoms with Crippen molar-refractivity contribution in [2.24, 2.45) is 10.8 Å². The van der Waals surface area contributed by atoms with Crippen LogP contribution in [0.3, 0.4) is 0 Å². The van der Waals surface area contributed by atoms with Crippen LogP contribution in [0, 0.1) is 10.8 Å². The maximum absolute atomic E-state index is 12.0. The highest BCUT2D eigenvalue weighted by Crippen LogP contribution is 2.62. The monoisotopic (exact) mass is 294 g/mol. The second-order valence-electron chi connectivity index (χ2n) is 6.67. The summed E-state index contributed by atoms with van der Waals surface area (Å²) in [5.41, 5.74) is 0.675. The fraction of sp³-hybridized carbons (Fsp3) is 0.643. The molecule has 0 radical (unpaired) electrons. The number of aromatic nitrogens is 2. The number of hydrogen-bond donors (Lipinski definition) is 4. The van der Waals surface area contributed by atoms with E-state index in [2.05, 4.69) is 48.3 Å². The average Bonchev–Trinajstić information content (AvgIpc) is 2.79. The third-order valence-corrected chi connectivity index (χ3v) is 4.88. The van der Waals surface area contributed by atoms with Crippen LogP contribution in [0.15, 0.2) is 12.5 Å². The molecule has 1 saturated carbocycles. The van der Waals surface area contributed by atoms with Crippen LogP contribution in [-0.4, -0.2) is 39.2 Å². The fourth-order valence-electron chi connectivity index (χ4n) is 2.70. The molecule has 2 amide bonds. The van der Waals surface area contributed by atoms with Crippen LogP contribution in [0.5, 0.6) is 0 Å². The number of urea groups is 1. The number of carboxylic acid groups (broad SMARTS) is 1. The van der Waals surface area contributed by atoms with Crippen LogP contribution in [0.2, 0.25) is 0 Å². The highest BCUT2D eigenvalue weighted by atomic mass is 16.4. The first-order valence-corrected chi connectivity index (χ1v) is 6.93. The molecule has 7 nitrogen and oxygen atoms in total. The smallest absolute Gasteiger partial charge is 0.326 e. The van der Waals surface area contributed by atoms with Crippen molar-refractivity contribution in [3.63, 3.8) is 0 Å². The van der Waals surface area contributed by atoms with Crippen molar-refractivity contribution >= 4 is 12.0 Å². The van der Waals surface area contributed by atoms with E-state index in [4.69, 9.17) is 0 Å². The first kappa shape index (κ1) is 15.3. The van der Waals surface area contributed by atoms with Crippen molar-refractivity contribution in [1.82, 2.24) is 20.6 Å². The first-order chi connectivity index (χ1) is 9.66. The minimum atomic E-state index is -1.07. The number of carboxylic acids is 1. The van der Waals surface area contributed by atoms with Crippen molar-refractivity contribution in [2.75, 3.05) is 0 Å². The molecule has 1 aliphatic carbocycles. The lowest BCUT2D eigenvalue weighted by atomic mass is 10.0. The van der Waals surface area contributed by atoms with E-state index in [1.54, 1.807) is 6.20 Å². The Morgan fingerprint density at radius 1 is 1.38 bits per heavy atom. The summed E-state index contributed by atoms with van der Waals surface area (Å²) in [5.74, 6) is -1.07. The standard InChI is InChI=1S/C14H22N4O3/c1-13(2)11(14(13,3)4)18-12(21)17-9(10(19)20)5-8-6-15-7-16-8/h6-7,9,11H,5H2,1-4H3,(H,15,16)(H,19,20)(H2,17,18,21)/t9-/m1/s1. The van der Waals surface area contributed by atoms with Crippen LogP contribution in [0.4, 0.5) is 4.79 Å². The lowest BCUT2D eigenvalue weighted by Gasteiger charge is -2.15. The van der Waals surface area contributed by atoms with Crippen molar-refractivity contribution in [3.05, 3.63) is 18.2 Å². The van der Waals surface area contributed by atoms with Gasteiger partial charge < -0.3 is 20.7 Å². The predicted octanol–water partition coefficient (Wildman–Crippen LogP) is 1.14. The van der Waals surface area contributed by atoms with Crippen molar-refractivity contribution in [2.45, 2.75) is 46.2 Å². The molecule has 1 aromatic rings. The Kier molecular flexibility index (Phi) is 3.69. The van der Waals surface area contributed by atoms with E-state index in [1.165, 1.54) is 6.33 Å². The topological polar surface area (TPSA) is 107 Å². The molecule has 0 spiro atoms. The Morgan fingerprint density at radius 2 is 2.00 bits per heavy atom. The van der Waals surface area contributed by atoms with Crippen molar-refractivity contribution in [3.8, 4) is 0 Å². The second kappa shape index (κ2) is 5.05. The van der Waals surface area contributed by atoms with E-state index in [0.717, 1.165) is 0 Å². The third-order valence-electron chi connectivity index (χ3n) is 4.88. The average molecular weight is 294 g/mol. The van der Waals surface area contributed by atoms with Gasteiger partial charge in [-0.15, -0.1) is 0 Å². The molecule has 0 unspecified atom stereocenters. The zero-order valence-corrected chi connectivity index (χ0v) is 12.7. The highest BCUT2D eigenvalue weighted by molar-refractivity contribution is 5.83. The Bertz CT molecular complexity index is 522. The zero-order chi connectivity index (χ0) is 15.8. The number of nitrogens with zero attached hydrogens (tertiary/aromatic N) is 1. The van der Waals surface area contributed by atoms with Gasteiger partial charge in [0, 0.05) is 24.4 Å². The summed E-state index contributed by atoms with van der Waals surface area (Å²) < 4.78 is 0. The fourth-order valence-corrected chi connectivity index (χ4v) is 2.70. The number of H-pyrrole nitrogens is 1. The molecule has 4 N–H and O–H groups in total. The molecule has 1 heterocycles. The molecule has 116 valence electrons. The minimum Gasteiger partial charge on any atom is -0.480 e. The van der Waals surface area contributed by atoms with E-state index >= 15 is 0 Å². The van der Waals surface area contributed by atoms with Crippen LogP contribution < -0.4 is 10.6 Å². The summed E-state index contributed by atoms with van der Waals surface area (Å²) in [6, 6.07) is -1.41. The molecule has 1 aliphatic rings. The number of nitrogens with one attached hydrogen (secondary N) is 3. The third kappa shape index (κ3) is 2.86. The number of hydrogen-bond acceptors (Lipinski definition) is 3. The summed E-state index contributed by atoms with van der Waals surface area (Å²) >= 11 is 0. The molecule has 1 fully saturated rings. The summed E-state index contributed by atoms with van der Waals surface area (Å²) in [6.07, 6.45) is 3.19. The Balaban J connectivity index is 1.92. The Hall–Kier alpha value is -2.05. The lowest BCUT2D eigenvalue weighted by Crippen LogP contribution is -2.48. The van der Waals surface area contributed by atoms with Gasteiger partial charge in [-0.2, -0.15) is 0 Å². The maximum atomic E-state index is 12.0. The molecular weight excluding hydrogens is 272 g/mol. The maximum Gasteiger partial charge on any atom is 0.326 e. The van der Waals surface area contributed by atoms with Crippen LogP contribution in [0.25, 0.3) is 0 Å². The highest BCUT2D eigenvalue weighted by Gasteiger charge is 2.65. The Labute approximate surface area is 123 Å². The molecule has 21 heavy (non-hydrogen) atoms. The van der Waals surface area contributed by atoms with E-state index in [1.807, 2.05) is 0 Å². The summed E-state index contributed by atoms with van der Waals surface area (Å²) in [6.45, 7) is 8.32. The van der Waals surface area contributed by atoms with Crippen molar-refractivity contribution in [1.29, 1.82) is 0 Å². The molecule has 0 bridgehead atoms. The van der Waals surface area contributed by atoms with Gasteiger partial charge in [0.15, 0.2) is 0 Å². The van der Waals surface area contributed by atoms with E-state index in [-0.39, 0.29) is 23.3 Å². The molecule has 0 aromatic carbocycles. The largest absolute Gasteiger partial charge is 0.480 e. The Morgan fingerprint density at radius 3 is 2.43 bits per heavy atom. The molecular formula is C14H22N4O3. The summed E-state index contributed by atoms with van der Waals surface area (Å²) in [5, 5.41) is 14.6. The molecule has 1 aromatic heterocycles. The van der Waals surface area contributed by atoms with Gasteiger partial charge >= 0.3 is 12.0 Å². The van der Waals surface area contributed by atoms with Crippen LogP contribution in [-0.2, 0) is 11.2 Å². The van der Waals surface area contributed by atoms with Gasteiger partial charge in [-0.05, 0) is 10.8 Å². The molecule has 2 rings (SSSR count). The number of aromatic amines is 1. The van der Waals surface area contributed by atoms with Gasteiger partial charge in [0.1, 0.15) is 6.04 Å². The SMILES string of the molecule is CC1(C)C(NC(=O)N[C@H](Cc2cnc[nH]2)C(=O)O)C1(C)C. The van der Waals surface area contributed by atoms with E-state index in [0.29, 0.717) is 5.69 Å². The molecule has 7 heteroatoms. The number of amides is 2. The quantitative estimate of drug-likeness (QED) is 0.653. The van der Waals surface area contributed by atoms with Gasteiger partial charge in [0.25, 0.3) is 0 Å².